The second-order valence-corrected chi connectivity index (χ2v) is 13.7. The van der Waals surface area contributed by atoms with Crippen LogP contribution in [0.1, 0.15) is 19.3 Å². The van der Waals surface area contributed by atoms with E-state index in [1.165, 1.54) is 29.7 Å². The van der Waals surface area contributed by atoms with Crippen molar-refractivity contribution in [1.82, 2.24) is 24.3 Å². The molecule has 0 bridgehead atoms. The Kier molecular flexibility index (Phi) is 7.97. The minimum atomic E-state index is -3.66. The summed E-state index contributed by atoms with van der Waals surface area (Å²) in [6.45, 7) is 1.46. The van der Waals surface area contributed by atoms with Gasteiger partial charge in [-0.2, -0.15) is 4.31 Å². The highest BCUT2D eigenvalue weighted by atomic mass is 32.2. The standard InChI is InChI=1S/C25H33N5O7S2/c1-26-38(32,33)21-5-2-4-20(12-21)36-17-19(31)14-28-18-13-25(37-16-18)7-10-30(11-8-25)39(34,35)23-15-29-24-22(23)6-3-9-27-24/h2-6,9,12,15,18-19,26,28,31H,7-8,10-11,13-14,16-17H2,1H3,(H,27,29)/t18?,19-/m0/s1. The first-order chi connectivity index (χ1) is 18.6. The van der Waals surface area contributed by atoms with E-state index in [1.807, 2.05) is 0 Å². The molecule has 2 aromatic heterocycles. The van der Waals surface area contributed by atoms with Crippen molar-refractivity contribution in [1.29, 1.82) is 0 Å². The summed E-state index contributed by atoms with van der Waals surface area (Å²) in [7, 11) is -5.91. The molecule has 1 unspecified atom stereocenters. The number of hydrogen-bond donors (Lipinski definition) is 4. The minimum Gasteiger partial charge on any atom is -0.491 e. The third kappa shape index (κ3) is 5.96. The molecule has 4 N–H and O–H groups in total. The largest absolute Gasteiger partial charge is 0.491 e. The smallest absolute Gasteiger partial charge is 0.245 e. The van der Waals surface area contributed by atoms with Crippen LogP contribution in [0.15, 0.2) is 58.6 Å². The average molecular weight is 580 g/mol. The lowest BCUT2D eigenvalue weighted by molar-refractivity contribution is -0.0312. The molecule has 212 valence electrons. The molecule has 2 aliphatic rings. The highest BCUT2D eigenvalue weighted by Gasteiger charge is 2.45. The summed E-state index contributed by atoms with van der Waals surface area (Å²) in [6, 6.07) is 9.57. The maximum absolute atomic E-state index is 13.3. The number of nitrogens with zero attached hydrogens (tertiary/aromatic N) is 2. The van der Waals surface area contributed by atoms with Gasteiger partial charge in [-0.3, -0.25) is 0 Å². The number of hydrogen-bond acceptors (Lipinski definition) is 9. The van der Waals surface area contributed by atoms with E-state index in [4.69, 9.17) is 9.47 Å². The Morgan fingerprint density at radius 3 is 2.79 bits per heavy atom. The number of sulfonamides is 2. The van der Waals surface area contributed by atoms with Gasteiger partial charge in [0.25, 0.3) is 0 Å². The second-order valence-electron chi connectivity index (χ2n) is 9.91. The van der Waals surface area contributed by atoms with Crippen molar-refractivity contribution in [2.45, 2.75) is 46.8 Å². The Hall–Kier alpha value is -2.59. The zero-order valence-corrected chi connectivity index (χ0v) is 23.2. The molecule has 2 atom stereocenters. The first-order valence-corrected chi connectivity index (χ1v) is 15.7. The van der Waals surface area contributed by atoms with Crippen LogP contribution in [0.3, 0.4) is 0 Å². The number of piperidine rings is 1. The molecule has 1 aromatic carbocycles. The van der Waals surface area contributed by atoms with E-state index in [2.05, 4.69) is 20.0 Å². The van der Waals surface area contributed by atoms with E-state index in [0.717, 1.165) is 6.42 Å². The molecular weight excluding hydrogens is 546 g/mol. The fraction of sp³-hybridized carbons (Fsp3) is 0.480. The van der Waals surface area contributed by atoms with E-state index >= 15 is 0 Å². The van der Waals surface area contributed by atoms with Crippen molar-refractivity contribution in [3.05, 3.63) is 48.8 Å². The number of fused-ring (bicyclic) bond motifs is 1. The fourth-order valence-electron chi connectivity index (χ4n) is 5.14. The first-order valence-electron chi connectivity index (χ1n) is 12.8. The zero-order valence-electron chi connectivity index (χ0n) is 21.5. The van der Waals surface area contributed by atoms with Gasteiger partial charge in [0.2, 0.25) is 20.0 Å². The number of H-pyrrole nitrogens is 1. The quantitative estimate of drug-likeness (QED) is 0.272. The number of nitrogens with one attached hydrogen (secondary N) is 3. The molecular formula is C25H33N5O7S2. The highest BCUT2D eigenvalue weighted by molar-refractivity contribution is 7.89. The van der Waals surface area contributed by atoms with E-state index in [-0.39, 0.29) is 29.0 Å². The summed E-state index contributed by atoms with van der Waals surface area (Å²) in [5.74, 6) is 0.346. The van der Waals surface area contributed by atoms with Crippen LogP contribution in [0.25, 0.3) is 11.0 Å². The maximum Gasteiger partial charge on any atom is 0.245 e. The molecule has 4 heterocycles. The van der Waals surface area contributed by atoms with Gasteiger partial charge in [-0.05, 0) is 50.6 Å². The van der Waals surface area contributed by atoms with E-state index in [1.54, 1.807) is 30.5 Å². The molecule has 2 aliphatic heterocycles. The lowest BCUT2D eigenvalue weighted by atomic mass is 9.88. The Balaban J connectivity index is 1.09. The van der Waals surface area contributed by atoms with E-state index < -0.39 is 31.8 Å². The van der Waals surface area contributed by atoms with Crippen LogP contribution in [-0.2, 0) is 24.8 Å². The molecule has 14 heteroatoms. The number of pyridine rings is 1. The number of benzene rings is 1. The van der Waals surface area contributed by atoms with Crippen molar-refractivity contribution in [2.24, 2.45) is 0 Å². The van der Waals surface area contributed by atoms with Crippen LogP contribution >= 0.6 is 0 Å². The molecule has 12 nitrogen and oxygen atoms in total. The Morgan fingerprint density at radius 1 is 1.23 bits per heavy atom. The van der Waals surface area contributed by atoms with Crippen molar-refractivity contribution < 1.29 is 31.4 Å². The van der Waals surface area contributed by atoms with Gasteiger partial charge in [-0.15, -0.1) is 0 Å². The number of ether oxygens (including phenoxy) is 2. The lowest BCUT2D eigenvalue weighted by Crippen LogP contribution is -2.47. The maximum atomic E-state index is 13.3. The van der Waals surface area contributed by atoms with Gasteiger partial charge in [0, 0.05) is 49.5 Å². The van der Waals surface area contributed by atoms with Gasteiger partial charge in [-0.1, -0.05) is 6.07 Å². The monoisotopic (exact) mass is 579 g/mol. The summed E-state index contributed by atoms with van der Waals surface area (Å²) in [5, 5.41) is 14.3. The predicted molar refractivity (Wildman–Crippen MR) is 143 cm³/mol. The van der Waals surface area contributed by atoms with Gasteiger partial charge in [0.1, 0.15) is 29.0 Å². The normalized spacial score (nSPS) is 20.9. The molecule has 0 aliphatic carbocycles. The molecule has 1 spiro atoms. The first kappa shape index (κ1) is 28.0. The molecule has 0 saturated carbocycles. The topological polar surface area (TPSA) is 163 Å². The van der Waals surface area contributed by atoms with Crippen LogP contribution in [0.2, 0.25) is 0 Å². The Bertz CT molecular complexity index is 1520. The van der Waals surface area contributed by atoms with Crippen LogP contribution < -0.4 is 14.8 Å². The number of aliphatic hydroxyl groups excluding tert-OH is 1. The van der Waals surface area contributed by atoms with Crippen molar-refractivity contribution >= 4 is 31.1 Å². The molecule has 39 heavy (non-hydrogen) atoms. The summed E-state index contributed by atoms with van der Waals surface area (Å²) >= 11 is 0. The van der Waals surface area contributed by atoms with E-state index in [0.29, 0.717) is 49.3 Å². The highest BCUT2D eigenvalue weighted by Crippen LogP contribution is 2.38. The Labute approximate surface area is 227 Å². The molecule has 0 radical (unpaired) electrons. The van der Waals surface area contributed by atoms with Gasteiger partial charge in [0.15, 0.2) is 0 Å². The molecule has 2 fully saturated rings. The van der Waals surface area contributed by atoms with Gasteiger partial charge >= 0.3 is 0 Å². The Morgan fingerprint density at radius 2 is 2.03 bits per heavy atom. The predicted octanol–water partition coefficient (Wildman–Crippen LogP) is 0.813. The fourth-order valence-corrected chi connectivity index (χ4v) is 7.50. The molecule has 5 rings (SSSR count). The minimum absolute atomic E-state index is 0.00898. The SMILES string of the molecule is CNS(=O)(=O)c1cccc(OC[C@@H](O)CNC2COC3(CCN(S(=O)(=O)c4c[nH]c5ncccc45)CC3)C2)c1. The van der Waals surface area contributed by atoms with Gasteiger partial charge in [-0.25, -0.2) is 26.5 Å². The second kappa shape index (κ2) is 11.1. The van der Waals surface area contributed by atoms with Crippen LogP contribution in [-0.4, -0.2) is 93.9 Å². The lowest BCUT2D eigenvalue weighted by Gasteiger charge is -2.37. The number of aromatic nitrogens is 2. The number of aliphatic hydroxyl groups is 1. The number of rotatable bonds is 10. The zero-order chi connectivity index (χ0) is 27.7. The van der Waals surface area contributed by atoms with Crippen LogP contribution in [0.4, 0.5) is 0 Å². The average Bonchev–Trinajstić information content (AvgIpc) is 3.56. The van der Waals surface area contributed by atoms with Gasteiger partial charge in [0.05, 0.1) is 17.1 Å². The number of aromatic amines is 1. The third-order valence-corrected chi connectivity index (χ3v) is 10.7. The van der Waals surface area contributed by atoms with Crippen LogP contribution in [0, 0.1) is 0 Å². The molecule has 0 amide bonds. The molecule has 2 saturated heterocycles. The molecule has 3 aromatic rings. The summed E-state index contributed by atoms with van der Waals surface area (Å²) in [6.07, 6.45) is 4.19. The van der Waals surface area contributed by atoms with Crippen molar-refractivity contribution in [2.75, 3.05) is 39.9 Å². The van der Waals surface area contributed by atoms with E-state index in [9.17, 15) is 21.9 Å². The summed E-state index contributed by atoms with van der Waals surface area (Å²) < 4.78 is 66.1. The van der Waals surface area contributed by atoms with Crippen molar-refractivity contribution in [3.63, 3.8) is 0 Å². The third-order valence-electron chi connectivity index (χ3n) is 7.34. The van der Waals surface area contributed by atoms with Crippen molar-refractivity contribution in [3.8, 4) is 5.75 Å². The summed E-state index contributed by atoms with van der Waals surface area (Å²) in [4.78, 5) is 7.44. The van der Waals surface area contributed by atoms with Crippen LogP contribution in [0.5, 0.6) is 5.75 Å². The van der Waals surface area contributed by atoms with Gasteiger partial charge < -0.3 is 24.9 Å². The summed E-state index contributed by atoms with van der Waals surface area (Å²) in [5.41, 5.74) is 0.145.